The van der Waals surface area contributed by atoms with Gasteiger partial charge in [-0.05, 0) is 42.0 Å². The van der Waals surface area contributed by atoms with Crippen molar-refractivity contribution in [1.82, 2.24) is 15.1 Å². The summed E-state index contributed by atoms with van der Waals surface area (Å²) >= 11 is 0. The van der Waals surface area contributed by atoms with Crippen LogP contribution in [0, 0.1) is 11.6 Å². The normalized spacial score (nSPS) is 12.1. The molecule has 0 saturated carbocycles. The standard InChI is InChI=1S/C18H15F2N3O2/c19-13-5-6-16(20)15(10-13)17(18(24)25)21-11-12-3-1-4-14(9-12)23-8-2-7-22-23/h1-10,17,21H,11H2,(H,24,25). The molecule has 0 aliphatic carbocycles. The van der Waals surface area contributed by atoms with Crippen molar-refractivity contribution in [3.05, 3.63) is 83.7 Å². The van der Waals surface area contributed by atoms with Crippen LogP contribution in [-0.4, -0.2) is 20.9 Å². The lowest BCUT2D eigenvalue weighted by Gasteiger charge is -2.16. The fourth-order valence-corrected chi connectivity index (χ4v) is 2.52. The quantitative estimate of drug-likeness (QED) is 0.722. The molecule has 1 unspecified atom stereocenters. The summed E-state index contributed by atoms with van der Waals surface area (Å²) in [6.07, 6.45) is 3.44. The van der Waals surface area contributed by atoms with E-state index in [9.17, 15) is 18.7 Å². The molecular weight excluding hydrogens is 328 g/mol. The van der Waals surface area contributed by atoms with Gasteiger partial charge in [0.25, 0.3) is 0 Å². The van der Waals surface area contributed by atoms with Crippen molar-refractivity contribution in [3.8, 4) is 5.69 Å². The first-order valence-corrected chi connectivity index (χ1v) is 7.54. The molecule has 0 spiro atoms. The number of aromatic nitrogens is 2. The van der Waals surface area contributed by atoms with Crippen LogP contribution in [0.4, 0.5) is 8.78 Å². The Kier molecular flexibility index (Phi) is 4.85. The minimum atomic E-state index is -1.36. The lowest BCUT2D eigenvalue weighted by Crippen LogP contribution is -2.29. The number of rotatable bonds is 6. The zero-order valence-corrected chi connectivity index (χ0v) is 13.1. The van der Waals surface area contributed by atoms with Crippen molar-refractivity contribution < 1.29 is 18.7 Å². The van der Waals surface area contributed by atoms with Crippen LogP contribution in [0.3, 0.4) is 0 Å². The van der Waals surface area contributed by atoms with Gasteiger partial charge in [-0.15, -0.1) is 0 Å². The fourth-order valence-electron chi connectivity index (χ4n) is 2.52. The minimum Gasteiger partial charge on any atom is -0.480 e. The summed E-state index contributed by atoms with van der Waals surface area (Å²) in [5, 5.41) is 16.2. The van der Waals surface area contributed by atoms with Crippen molar-refractivity contribution in [2.75, 3.05) is 0 Å². The molecule has 7 heteroatoms. The Hall–Kier alpha value is -3.06. The van der Waals surface area contributed by atoms with E-state index < -0.39 is 23.6 Å². The molecule has 0 fully saturated rings. The second kappa shape index (κ2) is 7.23. The van der Waals surface area contributed by atoms with E-state index in [2.05, 4.69) is 10.4 Å². The van der Waals surface area contributed by atoms with E-state index in [0.29, 0.717) is 0 Å². The molecular formula is C18H15F2N3O2. The number of aliphatic carboxylic acids is 1. The molecule has 0 bridgehead atoms. The summed E-state index contributed by atoms with van der Waals surface area (Å²) in [6.45, 7) is 0.169. The molecule has 128 valence electrons. The van der Waals surface area contributed by atoms with E-state index in [1.165, 1.54) is 0 Å². The van der Waals surface area contributed by atoms with Gasteiger partial charge >= 0.3 is 5.97 Å². The van der Waals surface area contributed by atoms with Crippen molar-refractivity contribution in [2.24, 2.45) is 0 Å². The van der Waals surface area contributed by atoms with Crippen LogP contribution >= 0.6 is 0 Å². The Balaban J connectivity index is 1.80. The molecule has 1 atom stereocenters. The highest BCUT2D eigenvalue weighted by Gasteiger charge is 2.23. The highest BCUT2D eigenvalue weighted by atomic mass is 19.1. The number of halogens is 2. The van der Waals surface area contributed by atoms with Crippen LogP contribution in [0.15, 0.2) is 60.9 Å². The highest BCUT2D eigenvalue weighted by Crippen LogP contribution is 2.20. The van der Waals surface area contributed by atoms with Crippen LogP contribution in [0.1, 0.15) is 17.2 Å². The maximum absolute atomic E-state index is 13.9. The smallest absolute Gasteiger partial charge is 0.325 e. The number of hydrogen-bond donors (Lipinski definition) is 2. The Labute approximate surface area is 142 Å². The van der Waals surface area contributed by atoms with Gasteiger partial charge in [-0.3, -0.25) is 10.1 Å². The van der Waals surface area contributed by atoms with Crippen LogP contribution < -0.4 is 5.32 Å². The molecule has 2 aromatic carbocycles. The Bertz CT molecular complexity index is 882. The van der Waals surface area contributed by atoms with Gasteiger partial charge in [-0.25, -0.2) is 13.5 Å². The number of carboxylic acid groups (broad SMARTS) is 1. The predicted molar refractivity (Wildman–Crippen MR) is 87.1 cm³/mol. The molecule has 0 amide bonds. The molecule has 5 nitrogen and oxygen atoms in total. The van der Waals surface area contributed by atoms with E-state index in [0.717, 1.165) is 29.4 Å². The van der Waals surface area contributed by atoms with Crippen molar-refractivity contribution in [1.29, 1.82) is 0 Å². The van der Waals surface area contributed by atoms with E-state index in [1.54, 1.807) is 29.2 Å². The summed E-state index contributed by atoms with van der Waals surface area (Å²) in [6, 6.07) is 10.5. The number of nitrogens with one attached hydrogen (secondary N) is 1. The number of carbonyl (C=O) groups is 1. The molecule has 0 aliphatic rings. The molecule has 0 saturated heterocycles. The van der Waals surface area contributed by atoms with Crippen LogP contribution in [-0.2, 0) is 11.3 Å². The largest absolute Gasteiger partial charge is 0.480 e. The molecule has 1 heterocycles. The first-order chi connectivity index (χ1) is 12.0. The maximum atomic E-state index is 13.9. The van der Waals surface area contributed by atoms with Crippen LogP contribution in [0.5, 0.6) is 0 Å². The van der Waals surface area contributed by atoms with Gasteiger partial charge in [0.1, 0.15) is 17.7 Å². The molecule has 3 rings (SSSR count). The third-order valence-electron chi connectivity index (χ3n) is 3.71. The summed E-state index contributed by atoms with van der Waals surface area (Å²) in [5.74, 6) is -2.75. The maximum Gasteiger partial charge on any atom is 0.325 e. The van der Waals surface area contributed by atoms with E-state index >= 15 is 0 Å². The summed E-state index contributed by atoms with van der Waals surface area (Å²) in [4.78, 5) is 11.5. The average molecular weight is 343 g/mol. The fraction of sp³-hybridized carbons (Fsp3) is 0.111. The SMILES string of the molecule is O=C(O)C(NCc1cccc(-n2cccn2)c1)c1cc(F)ccc1F. The van der Waals surface area contributed by atoms with Crippen molar-refractivity contribution in [2.45, 2.75) is 12.6 Å². The second-order valence-corrected chi connectivity index (χ2v) is 5.44. The van der Waals surface area contributed by atoms with Gasteiger partial charge < -0.3 is 5.11 Å². The molecule has 3 aromatic rings. The monoisotopic (exact) mass is 343 g/mol. The summed E-state index contributed by atoms with van der Waals surface area (Å²) in [5.41, 5.74) is 1.36. The zero-order valence-electron chi connectivity index (χ0n) is 13.1. The van der Waals surface area contributed by atoms with Gasteiger partial charge in [0.05, 0.1) is 5.69 Å². The van der Waals surface area contributed by atoms with Gasteiger partial charge in [0, 0.05) is 24.5 Å². The number of carboxylic acids is 1. The van der Waals surface area contributed by atoms with E-state index in [1.807, 2.05) is 18.2 Å². The number of benzene rings is 2. The third kappa shape index (κ3) is 3.89. The Morgan fingerprint density at radius 3 is 2.76 bits per heavy atom. The van der Waals surface area contributed by atoms with Crippen LogP contribution in [0.2, 0.25) is 0 Å². The highest BCUT2D eigenvalue weighted by molar-refractivity contribution is 5.75. The minimum absolute atomic E-state index is 0.169. The lowest BCUT2D eigenvalue weighted by molar-refractivity contribution is -0.139. The van der Waals surface area contributed by atoms with Gasteiger partial charge in [-0.1, -0.05) is 12.1 Å². The topological polar surface area (TPSA) is 67.2 Å². The van der Waals surface area contributed by atoms with Crippen molar-refractivity contribution in [3.63, 3.8) is 0 Å². The Morgan fingerprint density at radius 2 is 2.04 bits per heavy atom. The predicted octanol–water partition coefficient (Wildman–Crippen LogP) is 3.07. The molecule has 1 aromatic heterocycles. The van der Waals surface area contributed by atoms with Crippen LogP contribution in [0.25, 0.3) is 5.69 Å². The Morgan fingerprint density at radius 1 is 1.20 bits per heavy atom. The molecule has 0 radical (unpaired) electrons. The summed E-state index contributed by atoms with van der Waals surface area (Å²) in [7, 11) is 0. The molecule has 2 N–H and O–H groups in total. The summed E-state index contributed by atoms with van der Waals surface area (Å²) < 4.78 is 28.9. The van der Waals surface area contributed by atoms with E-state index in [-0.39, 0.29) is 12.1 Å². The zero-order chi connectivity index (χ0) is 17.8. The average Bonchev–Trinajstić information content (AvgIpc) is 3.13. The first kappa shape index (κ1) is 16.8. The molecule has 0 aliphatic heterocycles. The van der Waals surface area contributed by atoms with Gasteiger partial charge in [0.2, 0.25) is 0 Å². The van der Waals surface area contributed by atoms with Gasteiger partial charge in [0.15, 0.2) is 0 Å². The second-order valence-electron chi connectivity index (χ2n) is 5.44. The first-order valence-electron chi connectivity index (χ1n) is 7.54. The molecule has 25 heavy (non-hydrogen) atoms. The van der Waals surface area contributed by atoms with Gasteiger partial charge in [-0.2, -0.15) is 5.10 Å². The van der Waals surface area contributed by atoms with E-state index in [4.69, 9.17) is 0 Å². The van der Waals surface area contributed by atoms with Crippen molar-refractivity contribution >= 4 is 5.97 Å². The third-order valence-corrected chi connectivity index (χ3v) is 3.71. The number of hydrogen-bond acceptors (Lipinski definition) is 3. The number of nitrogens with zero attached hydrogens (tertiary/aromatic N) is 2. The lowest BCUT2D eigenvalue weighted by atomic mass is 10.1.